The summed E-state index contributed by atoms with van der Waals surface area (Å²) in [6.45, 7) is 2.24. The van der Waals surface area contributed by atoms with Crippen LogP contribution in [0.1, 0.15) is 44.6 Å². The van der Waals surface area contributed by atoms with Gasteiger partial charge in [0.1, 0.15) is 22.5 Å². The molecule has 1 aliphatic carbocycles. The molecule has 36 heavy (non-hydrogen) atoms. The molecule has 0 atom stereocenters. The number of fused-ring (bicyclic) bond motifs is 1. The first-order valence-corrected chi connectivity index (χ1v) is 12.3. The predicted molar refractivity (Wildman–Crippen MR) is 134 cm³/mol. The summed E-state index contributed by atoms with van der Waals surface area (Å²) in [7, 11) is 0. The van der Waals surface area contributed by atoms with Crippen LogP contribution in [-0.4, -0.2) is 32.8 Å². The van der Waals surface area contributed by atoms with Gasteiger partial charge in [0.05, 0.1) is 28.6 Å². The number of hydrogen-bond acceptors (Lipinski definition) is 5. The monoisotopic (exact) mass is 515 g/mol. The Morgan fingerprint density at radius 1 is 1.08 bits per heavy atom. The van der Waals surface area contributed by atoms with Crippen LogP contribution in [-0.2, 0) is 6.18 Å². The van der Waals surface area contributed by atoms with Gasteiger partial charge in [0.25, 0.3) is 0 Å². The summed E-state index contributed by atoms with van der Waals surface area (Å²) in [5.41, 5.74) is 2.17. The topological polar surface area (TPSA) is 66.9 Å². The molecule has 0 bridgehead atoms. The second-order valence-corrected chi connectivity index (χ2v) is 9.19. The number of nitrogens with zero attached hydrogens (tertiary/aromatic N) is 4. The van der Waals surface area contributed by atoms with Crippen molar-refractivity contribution in [2.75, 3.05) is 11.4 Å². The zero-order valence-corrected chi connectivity index (χ0v) is 20.4. The van der Waals surface area contributed by atoms with Crippen LogP contribution in [0, 0.1) is 0 Å². The minimum Gasteiger partial charge on any atom is -0.490 e. The SMILES string of the molecule is CCN(c1nc(-c2ccccc2OC2CCCCC2)c2[nH]ncc2n1)c1ccc(C(F)(F)F)cc1Cl. The molecule has 2 aromatic carbocycles. The number of hydrogen-bond donors (Lipinski definition) is 1. The highest BCUT2D eigenvalue weighted by atomic mass is 35.5. The van der Waals surface area contributed by atoms with Gasteiger partial charge in [-0.3, -0.25) is 5.10 Å². The third kappa shape index (κ3) is 4.84. The fourth-order valence-electron chi connectivity index (χ4n) is 4.59. The molecule has 2 aromatic heterocycles. The predicted octanol–water partition coefficient (Wildman–Crippen LogP) is 7.56. The van der Waals surface area contributed by atoms with Gasteiger partial charge in [0.2, 0.25) is 5.95 Å². The van der Waals surface area contributed by atoms with Gasteiger partial charge in [-0.1, -0.05) is 30.2 Å². The summed E-state index contributed by atoms with van der Waals surface area (Å²) in [5.74, 6) is 1.02. The van der Waals surface area contributed by atoms with Crippen LogP contribution in [0.15, 0.2) is 48.7 Å². The van der Waals surface area contributed by atoms with E-state index in [1.165, 1.54) is 12.5 Å². The minimum absolute atomic E-state index is 0.0369. The van der Waals surface area contributed by atoms with E-state index in [-0.39, 0.29) is 11.1 Å². The van der Waals surface area contributed by atoms with Crippen molar-refractivity contribution in [3.8, 4) is 17.0 Å². The van der Waals surface area contributed by atoms with Crippen molar-refractivity contribution in [1.29, 1.82) is 0 Å². The number of aromatic nitrogens is 4. The number of anilines is 2. The molecule has 188 valence electrons. The van der Waals surface area contributed by atoms with Gasteiger partial charge >= 0.3 is 6.18 Å². The summed E-state index contributed by atoms with van der Waals surface area (Å²) in [6.07, 6.45) is 2.81. The molecule has 1 aliphatic rings. The zero-order chi connectivity index (χ0) is 25.3. The van der Waals surface area contributed by atoms with Crippen LogP contribution >= 0.6 is 11.6 Å². The fourth-order valence-corrected chi connectivity index (χ4v) is 4.87. The van der Waals surface area contributed by atoms with Crippen molar-refractivity contribution in [3.05, 3.63) is 59.2 Å². The maximum Gasteiger partial charge on any atom is 0.416 e. The third-order valence-corrected chi connectivity index (χ3v) is 6.70. The van der Waals surface area contributed by atoms with E-state index in [4.69, 9.17) is 21.3 Å². The lowest BCUT2D eigenvalue weighted by Crippen LogP contribution is -2.21. The van der Waals surface area contributed by atoms with E-state index in [0.717, 1.165) is 49.1 Å². The lowest BCUT2D eigenvalue weighted by Gasteiger charge is -2.25. The molecule has 0 amide bonds. The maximum absolute atomic E-state index is 13.2. The van der Waals surface area contributed by atoms with Crippen molar-refractivity contribution in [2.45, 2.75) is 51.3 Å². The van der Waals surface area contributed by atoms with E-state index in [2.05, 4.69) is 15.2 Å². The number of halogens is 4. The molecule has 0 saturated heterocycles. The van der Waals surface area contributed by atoms with Gasteiger partial charge in [-0.15, -0.1) is 0 Å². The highest BCUT2D eigenvalue weighted by molar-refractivity contribution is 6.33. The molecule has 1 N–H and O–H groups in total. The number of aromatic amines is 1. The molecule has 6 nitrogen and oxygen atoms in total. The molecular weight excluding hydrogens is 491 g/mol. The molecular formula is C26H25ClF3N5O. The average Bonchev–Trinajstić information content (AvgIpc) is 3.34. The zero-order valence-electron chi connectivity index (χ0n) is 19.6. The smallest absolute Gasteiger partial charge is 0.416 e. The van der Waals surface area contributed by atoms with E-state index in [1.54, 1.807) is 11.1 Å². The van der Waals surface area contributed by atoms with Crippen LogP contribution < -0.4 is 9.64 Å². The molecule has 0 aliphatic heterocycles. The Bertz CT molecular complexity index is 1370. The first-order valence-electron chi connectivity index (χ1n) is 12.0. The highest BCUT2D eigenvalue weighted by Crippen LogP contribution is 2.39. The van der Waals surface area contributed by atoms with Gasteiger partial charge in [-0.25, -0.2) is 9.97 Å². The summed E-state index contributed by atoms with van der Waals surface area (Å²) in [4.78, 5) is 11.1. The van der Waals surface area contributed by atoms with E-state index in [1.807, 2.05) is 31.2 Å². The molecule has 5 rings (SSSR count). The summed E-state index contributed by atoms with van der Waals surface area (Å²) < 4.78 is 45.9. The summed E-state index contributed by atoms with van der Waals surface area (Å²) in [5, 5.41) is 7.09. The number of ether oxygens (including phenoxy) is 1. The van der Waals surface area contributed by atoms with Crippen LogP contribution in [0.3, 0.4) is 0 Å². The van der Waals surface area contributed by atoms with E-state index < -0.39 is 11.7 Å². The number of rotatable bonds is 6. The standard InChI is InChI=1S/C26H25ClF3N5O/c1-2-35(21-13-12-16(14-19(21)27)26(28,29)30)25-32-20-15-31-34-24(20)23(33-25)18-10-6-7-11-22(18)36-17-8-4-3-5-9-17/h6-7,10-15,17H,2-5,8-9H2,1H3,(H,31,34). The summed E-state index contributed by atoms with van der Waals surface area (Å²) in [6, 6.07) is 11.0. The van der Waals surface area contributed by atoms with Crippen molar-refractivity contribution >= 4 is 34.3 Å². The fraction of sp³-hybridized carbons (Fsp3) is 0.346. The lowest BCUT2D eigenvalue weighted by atomic mass is 9.97. The Kier molecular flexibility index (Phi) is 6.75. The Hall–Kier alpha value is -3.33. The molecule has 10 heteroatoms. The van der Waals surface area contributed by atoms with Crippen LogP contribution in [0.4, 0.5) is 24.8 Å². The molecule has 4 aromatic rings. The van der Waals surface area contributed by atoms with E-state index in [9.17, 15) is 13.2 Å². The van der Waals surface area contributed by atoms with Crippen molar-refractivity contribution in [2.24, 2.45) is 0 Å². The van der Waals surface area contributed by atoms with Crippen molar-refractivity contribution < 1.29 is 17.9 Å². The van der Waals surface area contributed by atoms with Gasteiger partial charge in [-0.2, -0.15) is 18.3 Å². The number of H-pyrrole nitrogens is 1. The van der Waals surface area contributed by atoms with Gasteiger partial charge < -0.3 is 9.64 Å². The third-order valence-electron chi connectivity index (χ3n) is 6.40. The van der Waals surface area contributed by atoms with Gasteiger partial charge in [0.15, 0.2) is 0 Å². The first-order chi connectivity index (χ1) is 17.3. The average molecular weight is 516 g/mol. The molecule has 0 spiro atoms. The van der Waals surface area contributed by atoms with Crippen LogP contribution in [0.25, 0.3) is 22.3 Å². The van der Waals surface area contributed by atoms with Crippen LogP contribution in [0.5, 0.6) is 5.75 Å². The van der Waals surface area contributed by atoms with Crippen molar-refractivity contribution in [1.82, 2.24) is 20.2 Å². The number of nitrogens with one attached hydrogen (secondary N) is 1. The van der Waals surface area contributed by atoms with E-state index in [0.29, 0.717) is 34.9 Å². The normalized spacial score (nSPS) is 14.8. The van der Waals surface area contributed by atoms with Gasteiger partial charge in [-0.05, 0) is 62.9 Å². The number of para-hydroxylation sites is 1. The second-order valence-electron chi connectivity index (χ2n) is 8.78. The Balaban J connectivity index is 1.58. The number of benzene rings is 2. The van der Waals surface area contributed by atoms with E-state index >= 15 is 0 Å². The first kappa shape index (κ1) is 24.4. The highest BCUT2D eigenvalue weighted by Gasteiger charge is 2.31. The molecule has 2 heterocycles. The Morgan fingerprint density at radius 3 is 2.58 bits per heavy atom. The molecule has 0 unspecified atom stereocenters. The maximum atomic E-state index is 13.2. The molecule has 1 fully saturated rings. The van der Waals surface area contributed by atoms with Gasteiger partial charge in [0, 0.05) is 12.1 Å². The lowest BCUT2D eigenvalue weighted by molar-refractivity contribution is -0.137. The Morgan fingerprint density at radius 2 is 1.86 bits per heavy atom. The number of alkyl halides is 3. The minimum atomic E-state index is -4.49. The molecule has 1 saturated carbocycles. The largest absolute Gasteiger partial charge is 0.490 e. The van der Waals surface area contributed by atoms with Crippen LogP contribution in [0.2, 0.25) is 5.02 Å². The van der Waals surface area contributed by atoms with Crippen molar-refractivity contribution in [3.63, 3.8) is 0 Å². The Labute approximate surface area is 211 Å². The quantitative estimate of drug-likeness (QED) is 0.287. The second kappa shape index (κ2) is 9.97. The summed E-state index contributed by atoms with van der Waals surface area (Å²) >= 11 is 6.31. The molecule has 0 radical (unpaired) electrons.